The lowest BCUT2D eigenvalue weighted by atomic mass is 10.3. The van der Waals surface area contributed by atoms with Gasteiger partial charge in [0.05, 0.1) is 11.4 Å². The first-order valence-electron chi connectivity index (χ1n) is 3.35. The van der Waals surface area contributed by atoms with E-state index in [1.54, 1.807) is 6.07 Å². The number of hydrogen-bond acceptors (Lipinski definition) is 3. The van der Waals surface area contributed by atoms with Crippen LogP contribution in [0.2, 0.25) is 0 Å². The normalized spacial score (nSPS) is 10.0. The van der Waals surface area contributed by atoms with E-state index in [1.807, 2.05) is 6.92 Å². The molecule has 0 aliphatic rings. The predicted octanol–water partition coefficient (Wildman–Crippen LogP) is 1.57. The van der Waals surface area contributed by atoms with Gasteiger partial charge in [0.1, 0.15) is 5.82 Å². The van der Waals surface area contributed by atoms with Crippen LogP contribution >= 0.6 is 15.9 Å². The standard InChI is InChI=1S/C7H10BrN3/c1-2-6-4(8)3-5(9)7(10)11-6/h3H,2,9H2,1H3,(H2,10,11). The molecule has 11 heavy (non-hydrogen) atoms. The number of hydrogen-bond donors (Lipinski definition) is 2. The van der Waals surface area contributed by atoms with Gasteiger partial charge in [-0.3, -0.25) is 0 Å². The van der Waals surface area contributed by atoms with E-state index in [2.05, 4.69) is 20.9 Å². The highest BCUT2D eigenvalue weighted by Gasteiger charge is 2.02. The van der Waals surface area contributed by atoms with Crippen LogP contribution in [0.15, 0.2) is 10.5 Å². The molecule has 4 N–H and O–H groups in total. The summed E-state index contributed by atoms with van der Waals surface area (Å²) in [6.07, 6.45) is 0.852. The van der Waals surface area contributed by atoms with Gasteiger partial charge in [0.15, 0.2) is 0 Å². The van der Waals surface area contributed by atoms with Gasteiger partial charge < -0.3 is 11.5 Å². The molecular formula is C7H10BrN3. The molecule has 0 radical (unpaired) electrons. The van der Waals surface area contributed by atoms with E-state index in [9.17, 15) is 0 Å². The van der Waals surface area contributed by atoms with Gasteiger partial charge in [0.2, 0.25) is 0 Å². The number of nitrogens with two attached hydrogens (primary N) is 2. The zero-order chi connectivity index (χ0) is 8.43. The van der Waals surface area contributed by atoms with Gasteiger partial charge >= 0.3 is 0 Å². The van der Waals surface area contributed by atoms with Gasteiger partial charge in [-0.1, -0.05) is 6.92 Å². The summed E-state index contributed by atoms with van der Waals surface area (Å²) >= 11 is 3.34. The van der Waals surface area contributed by atoms with Crippen LogP contribution in [-0.4, -0.2) is 4.98 Å². The average molecular weight is 216 g/mol. The first-order valence-corrected chi connectivity index (χ1v) is 4.14. The highest BCUT2D eigenvalue weighted by Crippen LogP contribution is 2.22. The van der Waals surface area contributed by atoms with Gasteiger partial charge in [0.25, 0.3) is 0 Å². The molecule has 0 spiro atoms. The number of pyridine rings is 1. The van der Waals surface area contributed by atoms with Crippen molar-refractivity contribution in [2.24, 2.45) is 0 Å². The summed E-state index contributed by atoms with van der Waals surface area (Å²) in [7, 11) is 0. The molecule has 0 aliphatic heterocycles. The SMILES string of the molecule is CCc1nc(N)c(N)cc1Br. The molecule has 0 aliphatic carbocycles. The number of nitrogen functional groups attached to an aromatic ring is 2. The molecule has 1 rings (SSSR count). The number of halogens is 1. The topological polar surface area (TPSA) is 64.9 Å². The number of anilines is 2. The Hall–Kier alpha value is -0.770. The molecule has 4 heteroatoms. The molecule has 60 valence electrons. The Kier molecular flexibility index (Phi) is 2.34. The van der Waals surface area contributed by atoms with Crippen LogP contribution in [0.4, 0.5) is 11.5 Å². The summed E-state index contributed by atoms with van der Waals surface area (Å²) < 4.78 is 0.923. The molecule has 0 atom stereocenters. The van der Waals surface area contributed by atoms with E-state index >= 15 is 0 Å². The average Bonchev–Trinajstić information content (AvgIpc) is 1.97. The molecule has 0 unspecified atom stereocenters. The molecule has 1 aromatic rings. The molecule has 0 fully saturated rings. The third kappa shape index (κ3) is 1.63. The van der Waals surface area contributed by atoms with Gasteiger partial charge in [-0.05, 0) is 28.4 Å². The molecule has 0 bridgehead atoms. The third-order valence-electron chi connectivity index (χ3n) is 1.44. The lowest BCUT2D eigenvalue weighted by Crippen LogP contribution is -2.01. The number of aryl methyl sites for hydroxylation is 1. The van der Waals surface area contributed by atoms with Crippen LogP contribution in [0, 0.1) is 0 Å². The molecule has 3 nitrogen and oxygen atoms in total. The molecule has 1 heterocycles. The fraction of sp³-hybridized carbons (Fsp3) is 0.286. The number of rotatable bonds is 1. The minimum atomic E-state index is 0.407. The molecular weight excluding hydrogens is 206 g/mol. The second kappa shape index (κ2) is 3.09. The van der Waals surface area contributed by atoms with Gasteiger partial charge in [0, 0.05) is 4.47 Å². The van der Waals surface area contributed by atoms with E-state index < -0.39 is 0 Å². The number of aromatic nitrogens is 1. The minimum absolute atomic E-state index is 0.407. The quantitative estimate of drug-likeness (QED) is 0.748. The number of nitrogens with zero attached hydrogens (tertiary/aromatic N) is 1. The Bertz CT molecular complexity index is 273. The fourth-order valence-electron chi connectivity index (χ4n) is 0.805. The summed E-state index contributed by atoms with van der Waals surface area (Å²) in [6, 6.07) is 1.78. The van der Waals surface area contributed by atoms with Gasteiger partial charge in [-0.2, -0.15) is 0 Å². The van der Waals surface area contributed by atoms with E-state index in [1.165, 1.54) is 0 Å². The molecule has 0 aromatic carbocycles. The van der Waals surface area contributed by atoms with Crippen molar-refractivity contribution in [1.29, 1.82) is 0 Å². The highest BCUT2D eigenvalue weighted by molar-refractivity contribution is 9.10. The first-order chi connectivity index (χ1) is 5.15. The third-order valence-corrected chi connectivity index (χ3v) is 2.13. The summed E-state index contributed by atoms with van der Waals surface area (Å²) in [5.74, 6) is 0.407. The molecule has 0 saturated carbocycles. The lowest BCUT2D eigenvalue weighted by Gasteiger charge is -2.03. The van der Waals surface area contributed by atoms with Gasteiger partial charge in [-0.25, -0.2) is 4.98 Å². The van der Waals surface area contributed by atoms with Crippen molar-refractivity contribution in [1.82, 2.24) is 4.98 Å². The van der Waals surface area contributed by atoms with Crippen LogP contribution < -0.4 is 11.5 Å². The maximum atomic E-state index is 5.53. The Morgan fingerprint density at radius 1 is 1.55 bits per heavy atom. The largest absolute Gasteiger partial charge is 0.396 e. The summed E-state index contributed by atoms with van der Waals surface area (Å²) in [6.45, 7) is 2.02. The Morgan fingerprint density at radius 2 is 2.18 bits per heavy atom. The van der Waals surface area contributed by atoms with Crippen LogP contribution in [0.25, 0.3) is 0 Å². The second-order valence-electron chi connectivity index (χ2n) is 2.24. The minimum Gasteiger partial charge on any atom is -0.396 e. The Balaban J connectivity index is 3.21. The lowest BCUT2D eigenvalue weighted by molar-refractivity contribution is 1.03. The van der Waals surface area contributed by atoms with Crippen LogP contribution in [0.1, 0.15) is 12.6 Å². The van der Waals surface area contributed by atoms with Crippen molar-refractivity contribution in [3.05, 3.63) is 16.2 Å². The summed E-state index contributed by atoms with van der Waals surface area (Å²) in [5, 5.41) is 0. The maximum absolute atomic E-state index is 5.53. The molecule has 1 aromatic heterocycles. The van der Waals surface area contributed by atoms with E-state index in [0.29, 0.717) is 11.5 Å². The van der Waals surface area contributed by atoms with Crippen molar-refractivity contribution in [3.63, 3.8) is 0 Å². The van der Waals surface area contributed by atoms with E-state index in [4.69, 9.17) is 11.5 Å². The van der Waals surface area contributed by atoms with E-state index in [-0.39, 0.29) is 0 Å². The van der Waals surface area contributed by atoms with Gasteiger partial charge in [-0.15, -0.1) is 0 Å². The molecule has 0 amide bonds. The summed E-state index contributed by atoms with van der Waals surface area (Å²) in [4.78, 5) is 4.10. The van der Waals surface area contributed by atoms with Crippen LogP contribution in [0.5, 0.6) is 0 Å². The van der Waals surface area contributed by atoms with Crippen molar-refractivity contribution in [2.75, 3.05) is 11.5 Å². The maximum Gasteiger partial charge on any atom is 0.146 e. The zero-order valence-electron chi connectivity index (χ0n) is 6.26. The van der Waals surface area contributed by atoms with E-state index in [0.717, 1.165) is 16.6 Å². The first kappa shape index (κ1) is 8.33. The monoisotopic (exact) mass is 215 g/mol. The fourth-order valence-corrected chi connectivity index (χ4v) is 1.42. The Morgan fingerprint density at radius 3 is 2.73 bits per heavy atom. The summed E-state index contributed by atoms with van der Waals surface area (Å²) in [5.41, 5.74) is 12.5. The van der Waals surface area contributed by atoms with Crippen LogP contribution in [-0.2, 0) is 6.42 Å². The highest BCUT2D eigenvalue weighted by atomic mass is 79.9. The Labute approximate surface area is 73.9 Å². The molecule has 0 saturated heterocycles. The van der Waals surface area contributed by atoms with Crippen LogP contribution in [0.3, 0.4) is 0 Å². The smallest absolute Gasteiger partial charge is 0.146 e. The van der Waals surface area contributed by atoms with Crippen molar-refractivity contribution < 1.29 is 0 Å². The van der Waals surface area contributed by atoms with Crippen molar-refractivity contribution in [3.8, 4) is 0 Å². The zero-order valence-corrected chi connectivity index (χ0v) is 7.85. The van der Waals surface area contributed by atoms with Crippen molar-refractivity contribution >= 4 is 27.4 Å². The second-order valence-corrected chi connectivity index (χ2v) is 3.10. The predicted molar refractivity (Wildman–Crippen MR) is 50.1 cm³/mol. The van der Waals surface area contributed by atoms with Crippen molar-refractivity contribution in [2.45, 2.75) is 13.3 Å².